The van der Waals surface area contributed by atoms with Gasteiger partial charge in [0.15, 0.2) is 17.6 Å². The van der Waals surface area contributed by atoms with Gasteiger partial charge in [-0.15, -0.1) is 0 Å². The molecule has 5 aliphatic rings. The molecule has 5 heterocycles. The van der Waals surface area contributed by atoms with E-state index in [0.717, 1.165) is 23.4 Å². The van der Waals surface area contributed by atoms with Crippen molar-refractivity contribution in [2.75, 3.05) is 77.5 Å². The number of halogens is 1. The van der Waals surface area contributed by atoms with Crippen molar-refractivity contribution in [2.45, 2.75) is 16.7 Å². The predicted octanol–water partition coefficient (Wildman–Crippen LogP) is 1.42. The van der Waals surface area contributed by atoms with Gasteiger partial charge >= 0.3 is 0 Å². The van der Waals surface area contributed by atoms with Gasteiger partial charge in [0.05, 0.1) is 11.4 Å². The summed E-state index contributed by atoms with van der Waals surface area (Å²) in [7, 11) is -1.83. The first-order valence-electron chi connectivity index (χ1n) is 13.9. The van der Waals surface area contributed by atoms with Crippen LogP contribution in [0.2, 0.25) is 0 Å². The van der Waals surface area contributed by atoms with E-state index in [1.54, 1.807) is 29.2 Å². The molecule has 2 aromatic carbocycles. The van der Waals surface area contributed by atoms with Crippen LogP contribution >= 0.6 is 0 Å². The molecule has 218 valence electrons. The Labute approximate surface area is 238 Å². The first-order valence-corrected chi connectivity index (χ1v) is 15.3. The number of carbonyl (C=O) groups is 1. The zero-order valence-corrected chi connectivity index (χ0v) is 23.6. The number of anilines is 1. The average Bonchev–Trinajstić information content (AvgIpc) is 3.69. The number of amides is 1. The second kappa shape index (κ2) is 9.69. The third-order valence-corrected chi connectivity index (χ3v) is 10.7. The van der Waals surface area contributed by atoms with Crippen molar-refractivity contribution in [3.05, 3.63) is 59.2 Å². The number of carbonyl (C=O) groups excluding carboxylic acids is 1. The summed E-state index contributed by atoms with van der Waals surface area (Å²) in [5, 5.41) is 11.0. The van der Waals surface area contributed by atoms with Crippen LogP contribution in [0, 0.1) is 5.92 Å². The van der Waals surface area contributed by atoms with Crippen LogP contribution in [-0.4, -0.2) is 112 Å². The summed E-state index contributed by atoms with van der Waals surface area (Å²) in [6, 6.07) is 11.8. The van der Waals surface area contributed by atoms with E-state index in [9.17, 15) is 18.3 Å². The number of benzene rings is 2. The molecule has 41 heavy (non-hydrogen) atoms. The number of sulfonamides is 1. The van der Waals surface area contributed by atoms with Gasteiger partial charge in [-0.05, 0) is 48.0 Å². The fourth-order valence-electron chi connectivity index (χ4n) is 6.84. The van der Waals surface area contributed by atoms with Gasteiger partial charge in [-0.3, -0.25) is 4.79 Å². The Bertz CT molecular complexity index is 1530. The van der Waals surface area contributed by atoms with Gasteiger partial charge in [0.25, 0.3) is 5.91 Å². The van der Waals surface area contributed by atoms with E-state index < -0.39 is 27.7 Å². The first-order chi connectivity index (χ1) is 19.6. The molecule has 0 unspecified atom stereocenters. The third kappa shape index (κ3) is 4.57. The summed E-state index contributed by atoms with van der Waals surface area (Å²) in [6.07, 6.45) is -1.36. The predicted molar refractivity (Wildman–Crippen MR) is 148 cm³/mol. The third-order valence-electron chi connectivity index (χ3n) is 8.94. The number of aliphatic hydroxyl groups excluding tert-OH is 1. The largest absolute Gasteiger partial charge is 0.486 e. The van der Waals surface area contributed by atoms with Crippen LogP contribution in [0.25, 0.3) is 0 Å². The van der Waals surface area contributed by atoms with Gasteiger partial charge in [-0.2, -0.15) is 4.31 Å². The zero-order chi connectivity index (χ0) is 28.5. The minimum Gasteiger partial charge on any atom is -0.486 e. The highest BCUT2D eigenvalue weighted by Gasteiger charge is 2.52. The smallest absolute Gasteiger partial charge is 0.256 e. The molecule has 2 fully saturated rings. The molecule has 1 N–H and O–H groups in total. The fourth-order valence-corrected chi connectivity index (χ4v) is 8.28. The van der Waals surface area contributed by atoms with Crippen molar-refractivity contribution in [2.24, 2.45) is 5.92 Å². The number of alkyl halides is 1. The molecule has 7 rings (SSSR count). The lowest BCUT2D eigenvalue weighted by molar-refractivity contribution is -0.139. The highest BCUT2D eigenvalue weighted by atomic mass is 32.2. The molecule has 2 saturated heterocycles. The Kier molecular flexibility index (Phi) is 6.31. The van der Waals surface area contributed by atoms with Crippen LogP contribution in [0.4, 0.5) is 10.1 Å². The molecule has 0 spiro atoms. The molecule has 5 aliphatic heterocycles. The minimum absolute atomic E-state index is 0.0567. The Hall–Kier alpha value is -3.19. The maximum absolute atomic E-state index is 15.4. The number of aliphatic hydroxyl groups is 1. The monoisotopic (exact) mass is 584 g/mol. The highest BCUT2D eigenvalue weighted by Crippen LogP contribution is 2.40. The SMILES string of the molecule is CN1C[C@H]2CN(c3cccc([C@H](O)C(=O)N4CC5=C(C4)CN(S(=O)(=O)c4ccc6c(c4)OCCO6)C5)c3)C[C@@]2(F)C1. The van der Waals surface area contributed by atoms with E-state index in [1.165, 1.54) is 16.4 Å². The molecule has 0 aliphatic carbocycles. The Morgan fingerprint density at radius 3 is 2.46 bits per heavy atom. The van der Waals surface area contributed by atoms with E-state index in [4.69, 9.17) is 9.47 Å². The second-order valence-corrected chi connectivity index (χ2v) is 13.7. The number of rotatable bonds is 5. The van der Waals surface area contributed by atoms with Gasteiger partial charge in [0.2, 0.25) is 10.0 Å². The molecule has 12 heteroatoms. The molecule has 2 aromatic rings. The molecule has 0 saturated carbocycles. The first kappa shape index (κ1) is 26.7. The van der Waals surface area contributed by atoms with Crippen molar-refractivity contribution in [3.8, 4) is 11.5 Å². The average molecular weight is 585 g/mol. The second-order valence-electron chi connectivity index (χ2n) is 11.8. The zero-order valence-electron chi connectivity index (χ0n) is 22.8. The lowest BCUT2D eigenvalue weighted by Gasteiger charge is -2.26. The lowest BCUT2D eigenvalue weighted by atomic mass is 9.97. The quantitative estimate of drug-likeness (QED) is 0.527. The van der Waals surface area contributed by atoms with E-state index in [0.29, 0.717) is 49.9 Å². The number of ether oxygens (including phenoxy) is 2. The summed E-state index contributed by atoms with van der Waals surface area (Å²) in [5.74, 6) is 0.451. The Morgan fingerprint density at radius 2 is 1.73 bits per heavy atom. The molecule has 0 radical (unpaired) electrons. The number of hydrogen-bond donors (Lipinski definition) is 1. The van der Waals surface area contributed by atoms with E-state index >= 15 is 4.39 Å². The molecule has 3 atom stereocenters. The Morgan fingerprint density at radius 1 is 1.00 bits per heavy atom. The van der Waals surface area contributed by atoms with E-state index in [-0.39, 0.29) is 37.0 Å². The van der Waals surface area contributed by atoms with Crippen molar-refractivity contribution in [1.29, 1.82) is 0 Å². The normalized spacial score (nSPS) is 27.0. The molecular formula is C29H33FN4O6S. The minimum atomic E-state index is -3.77. The van der Waals surface area contributed by atoms with E-state index in [2.05, 4.69) is 0 Å². The molecule has 0 bridgehead atoms. The maximum Gasteiger partial charge on any atom is 0.256 e. The standard InChI is InChI=1S/C29H33FN4O6S/c1-31-15-22-16-33(18-29(22,30)17-31)23-4-2-3-19(9-23)27(35)28(36)32-11-20-13-34(14-21(20)12-32)41(37,38)24-5-6-25-26(10-24)40-8-7-39-25/h2-6,9-10,22,27,35H,7-8,11-18H2,1H3/t22-,27-,29-/m0/s1. The van der Waals surface area contributed by atoms with Crippen LogP contribution in [0.1, 0.15) is 11.7 Å². The summed E-state index contributed by atoms with van der Waals surface area (Å²) in [6.45, 7) is 3.74. The lowest BCUT2D eigenvalue weighted by Crippen LogP contribution is -2.38. The van der Waals surface area contributed by atoms with Crippen LogP contribution in [-0.2, 0) is 14.8 Å². The van der Waals surface area contributed by atoms with Gasteiger partial charge in [0, 0.05) is 63.5 Å². The molecule has 0 aromatic heterocycles. The van der Waals surface area contributed by atoms with Gasteiger partial charge in [0.1, 0.15) is 18.9 Å². The summed E-state index contributed by atoms with van der Waals surface area (Å²) < 4.78 is 54.6. The summed E-state index contributed by atoms with van der Waals surface area (Å²) in [5.41, 5.74) is 1.77. The number of hydrogen-bond acceptors (Lipinski definition) is 8. The van der Waals surface area contributed by atoms with Crippen molar-refractivity contribution in [3.63, 3.8) is 0 Å². The highest BCUT2D eigenvalue weighted by molar-refractivity contribution is 7.89. The number of nitrogens with zero attached hydrogens (tertiary/aromatic N) is 4. The van der Waals surface area contributed by atoms with Crippen molar-refractivity contribution in [1.82, 2.24) is 14.1 Å². The van der Waals surface area contributed by atoms with Crippen LogP contribution in [0.15, 0.2) is 58.5 Å². The molecule has 1 amide bonds. The molecule has 10 nitrogen and oxygen atoms in total. The van der Waals surface area contributed by atoms with Crippen LogP contribution in [0.3, 0.4) is 0 Å². The maximum atomic E-state index is 15.4. The van der Waals surface area contributed by atoms with Crippen LogP contribution in [0.5, 0.6) is 11.5 Å². The van der Waals surface area contributed by atoms with Gasteiger partial charge in [-0.1, -0.05) is 12.1 Å². The molecular weight excluding hydrogens is 551 g/mol. The summed E-state index contributed by atoms with van der Waals surface area (Å²) >= 11 is 0. The van der Waals surface area contributed by atoms with Gasteiger partial charge in [-0.25, -0.2) is 12.8 Å². The Balaban J connectivity index is 0.991. The number of likely N-dealkylation sites (tertiary alicyclic amines) is 1. The van der Waals surface area contributed by atoms with E-state index in [1.807, 2.05) is 22.9 Å². The fraction of sp³-hybridized carbons (Fsp3) is 0.483. The van der Waals surface area contributed by atoms with Crippen molar-refractivity contribution < 1.29 is 32.2 Å². The topological polar surface area (TPSA) is 103 Å². The van der Waals surface area contributed by atoms with Gasteiger partial charge < -0.3 is 29.3 Å². The van der Waals surface area contributed by atoms with Crippen molar-refractivity contribution >= 4 is 21.6 Å². The number of fused-ring (bicyclic) bond motifs is 2. The summed E-state index contributed by atoms with van der Waals surface area (Å²) in [4.78, 5) is 19.0. The van der Waals surface area contributed by atoms with Crippen LogP contribution < -0.4 is 14.4 Å².